The van der Waals surface area contributed by atoms with Gasteiger partial charge >= 0.3 is 0 Å². The van der Waals surface area contributed by atoms with Crippen LogP contribution >= 0.6 is 12.2 Å². The fraction of sp³-hybridized carbons (Fsp3) is 0.250. The Balaban J connectivity index is 1.37. The van der Waals surface area contributed by atoms with Crippen LogP contribution in [0.4, 0.5) is 0 Å². The third-order valence-corrected chi connectivity index (χ3v) is 4.99. The summed E-state index contributed by atoms with van der Waals surface area (Å²) in [4.78, 5) is 3.57. The molecule has 0 bridgehead atoms. The molecular formula is C20H21N3S. The number of hydrogen-bond acceptors (Lipinski definition) is 1. The van der Waals surface area contributed by atoms with Crippen LogP contribution in [0.3, 0.4) is 0 Å². The summed E-state index contributed by atoms with van der Waals surface area (Å²) >= 11 is 5.46. The van der Waals surface area contributed by atoms with Gasteiger partial charge in [0.05, 0.1) is 0 Å². The zero-order chi connectivity index (χ0) is 16.4. The van der Waals surface area contributed by atoms with E-state index in [4.69, 9.17) is 12.2 Å². The second-order valence-corrected chi connectivity index (χ2v) is 6.79. The summed E-state index contributed by atoms with van der Waals surface area (Å²) in [5.41, 5.74) is 5.31. The number of H-pyrrole nitrogens is 1. The summed E-state index contributed by atoms with van der Waals surface area (Å²) in [6.45, 7) is 0.761. The van der Waals surface area contributed by atoms with Crippen molar-refractivity contribution in [2.24, 2.45) is 0 Å². The van der Waals surface area contributed by atoms with E-state index in [1.165, 1.54) is 27.7 Å². The Kier molecular flexibility index (Phi) is 4.22. The van der Waals surface area contributed by atoms with E-state index in [-0.39, 0.29) is 0 Å². The first-order valence-electron chi connectivity index (χ1n) is 8.46. The SMILES string of the molecule is S=C(NCc1ccccc1)NC1CCc2c([nH]c3ccccc23)C1. The maximum absolute atomic E-state index is 5.46. The lowest BCUT2D eigenvalue weighted by Crippen LogP contribution is -2.44. The number of aromatic nitrogens is 1. The minimum atomic E-state index is 0.390. The predicted octanol–water partition coefficient (Wildman–Crippen LogP) is 3.69. The van der Waals surface area contributed by atoms with Crippen LogP contribution in [-0.4, -0.2) is 16.1 Å². The van der Waals surface area contributed by atoms with Crippen LogP contribution in [0.1, 0.15) is 23.2 Å². The standard InChI is InChI=1S/C20H21N3S/c24-20(21-13-14-6-2-1-3-7-14)22-15-10-11-17-16-8-4-5-9-18(16)23-19(17)12-15/h1-9,15,23H,10-13H2,(H2,21,22,24). The summed E-state index contributed by atoms with van der Waals surface area (Å²) in [5.74, 6) is 0. The molecule has 2 aromatic carbocycles. The summed E-state index contributed by atoms with van der Waals surface area (Å²) in [6, 6.07) is 19.3. The summed E-state index contributed by atoms with van der Waals surface area (Å²) < 4.78 is 0. The Morgan fingerprint density at radius 3 is 2.75 bits per heavy atom. The van der Waals surface area contributed by atoms with E-state index in [9.17, 15) is 0 Å². The summed E-state index contributed by atoms with van der Waals surface area (Å²) in [7, 11) is 0. The lowest BCUT2D eigenvalue weighted by atomic mass is 9.92. The molecule has 1 unspecified atom stereocenters. The maximum atomic E-state index is 5.46. The molecule has 0 saturated carbocycles. The Morgan fingerprint density at radius 1 is 1.08 bits per heavy atom. The summed E-state index contributed by atoms with van der Waals surface area (Å²) in [6.07, 6.45) is 3.21. The van der Waals surface area contributed by atoms with Crippen LogP contribution in [0.2, 0.25) is 0 Å². The average Bonchev–Trinajstić information content (AvgIpc) is 2.98. The number of para-hydroxylation sites is 1. The molecule has 1 heterocycles. The van der Waals surface area contributed by atoms with Gasteiger partial charge in [-0.3, -0.25) is 0 Å². The normalized spacial score (nSPS) is 16.6. The topological polar surface area (TPSA) is 39.8 Å². The molecule has 0 fully saturated rings. The molecule has 4 rings (SSSR count). The number of rotatable bonds is 3. The largest absolute Gasteiger partial charge is 0.360 e. The van der Waals surface area contributed by atoms with Gasteiger partial charge in [-0.2, -0.15) is 0 Å². The number of aryl methyl sites for hydroxylation is 1. The van der Waals surface area contributed by atoms with Crippen LogP contribution in [0.25, 0.3) is 10.9 Å². The van der Waals surface area contributed by atoms with E-state index in [2.05, 4.69) is 52.0 Å². The van der Waals surface area contributed by atoms with Gasteiger partial charge in [0, 0.05) is 35.6 Å². The highest BCUT2D eigenvalue weighted by atomic mass is 32.1. The molecule has 1 aromatic heterocycles. The maximum Gasteiger partial charge on any atom is 0.166 e. The van der Waals surface area contributed by atoms with Crippen LogP contribution in [-0.2, 0) is 19.4 Å². The quantitative estimate of drug-likeness (QED) is 0.639. The first kappa shape index (κ1) is 15.2. The third-order valence-electron chi connectivity index (χ3n) is 4.73. The zero-order valence-electron chi connectivity index (χ0n) is 13.5. The molecule has 4 heteroatoms. The second kappa shape index (κ2) is 6.65. The molecule has 1 aliphatic carbocycles. The van der Waals surface area contributed by atoms with Crippen molar-refractivity contribution in [2.45, 2.75) is 31.8 Å². The molecule has 0 amide bonds. The fourth-order valence-corrected chi connectivity index (χ4v) is 3.76. The minimum Gasteiger partial charge on any atom is -0.360 e. The van der Waals surface area contributed by atoms with E-state index in [0.29, 0.717) is 6.04 Å². The smallest absolute Gasteiger partial charge is 0.166 e. The van der Waals surface area contributed by atoms with Crippen molar-refractivity contribution in [3.63, 3.8) is 0 Å². The lowest BCUT2D eigenvalue weighted by molar-refractivity contribution is 0.521. The highest BCUT2D eigenvalue weighted by Crippen LogP contribution is 2.28. The molecule has 0 saturated heterocycles. The molecular weight excluding hydrogens is 314 g/mol. The van der Waals surface area contributed by atoms with Gasteiger partial charge in [0.15, 0.2) is 5.11 Å². The second-order valence-electron chi connectivity index (χ2n) is 6.38. The van der Waals surface area contributed by atoms with Gasteiger partial charge in [-0.15, -0.1) is 0 Å². The molecule has 24 heavy (non-hydrogen) atoms. The molecule has 0 radical (unpaired) electrons. The van der Waals surface area contributed by atoms with Crippen molar-refractivity contribution in [1.82, 2.24) is 15.6 Å². The van der Waals surface area contributed by atoms with Crippen molar-refractivity contribution < 1.29 is 0 Å². The number of thiocarbonyl (C=S) groups is 1. The highest BCUT2D eigenvalue weighted by molar-refractivity contribution is 7.80. The van der Waals surface area contributed by atoms with Gasteiger partial charge in [0.25, 0.3) is 0 Å². The highest BCUT2D eigenvalue weighted by Gasteiger charge is 2.22. The molecule has 0 spiro atoms. The zero-order valence-corrected chi connectivity index (χ0v) is 14.3. The number of hydrogen-bond donors (Lipinski definition) is 3. The third kappa shape index (κ3) is 3.15. The van der Waals surface area contributed by atoms with Gasteiger partial charge in [0.1, 0.15) is 0 Å². The van der Waals surface area contributed by atoms with Crippen LogP contribution in [0, 0.1) is 0 Å². The summed E-state index contributed by atoms with van der Waals surface area (Å²) in [5, 5.41) is 8.89. The fourth-order valence-electron chi connectivity index (χ4n) is 3.52. The van der Waals surface area contributed by atoms with Crippen LogP contribution < -0.4 is 10.6 Å². The van der Waals surface area contributed by atoms with Gasteiger partial charge in [-0.25, -0.2) is 0 Å². The Hall–Kier alpha value is -2.33. The van der Waals surface area contributed by atoms with Crippen molar-refractivity contribution in [3.8, 4) is 0 Å². The Labute approximate surface area is 147 Å². The van der Waals surface area contributed by atoms with E-state index < -0.39 is 0 Å². The predicted molar refractivity (Wildman–Crippen MR) is 103 cm³/mol. The molecule has 3 aromatic rings. The van der Waals surface area contributed by atoms with E-state index >= 15 is 0 Å². The molecule has 122 valence electrons. The number of aromatic amines is 1. The minimum absolute atomic E-state index is 0.390. The molecule has 1 aliphatic rings. The molecule has 0 aliphatic heterocycles. The molecule has 3 N–H and O–H groups in total. The van der Waals surface area contributed by atoms with Gasteiger partial charge < -0.3 is 15.6 Å². The Morgan fingerprint density at radius 2 is 1.88 bits per heavy atom. The van der Waals surface area contributed by atoms with E-state index in [0.717, 1.165) is 30.9 Å². The van der Waals surface area contributed by atoms with Crippen LogP contribution in [0.15, 0.2) is 54.6 Å². The molecule has 1 atom stereocenters. The first-order chi connectivity index (χ1) is 11.8. The lowest BCUT2D eigenvalue weighted by Gasteiger charge is -2.25. The first-order valence-corrected chi connectivity index (χ1v) is 8.87. The van der Waals surface area contributed by atoms with Gasteiger partial charge in [-0.05, 0) is 42.3 Å². The van der Waals surface area contributed by atoms with E-state index in [1.54, 1.807) is 0 Å². The number of benzene rings is 2. The van der Waals surface area contributed by atoms with Crippen molar-refractivity contribution in [2.75, 3.05) is 0 Å². The van der Waals surface area contributed by atoms with Crippen molar-refractivity contribution in [3.05, 3.63) is 71.4 Å². The van der Waals surface area contributed by atoms with Gasteiger partial charge in [0.2, 0.25) is 0 Å². The number of fused-ring (bicyclic) bond motifs is 3. The van der Waals surface area contributed by atoms with Crippen molar-refractivity contribution >= 4 is 28.2 Å². The average molecular weight is 335 g/mol. The number of nitrogens with one attached hydrogen (secondary N) is 3. The van der Waals surface area contributed by atoms with E-state index in [1.807, 2.05) is 18.2 Å². The molecule has 3 nitrogen and oxygen atoms in total. The Bertz CT molecular complexity index is 854. The van der Waals surface area contributed by atoms with Crippen molar-refractivity contribution in [1.29, 1.82) is 0 Å². The monoisotopic (exact) mass is 335 g/mol. The van der Waals surface area contributed by atoms with Crippen LogP contribution in [0.5, 0.6) is 0 Å². The van der Waals surface area contributed by atoms with Gasteiger partial charge in [-0.1, -0.05) is 48.5 Å².